The third-order valence-electron chi connectivity index (χ3n) is 2.40. The molecule has 0 spiro atoms. The van der Waals surface area contributed by atoms with E-state index < -0.39 is 15.8 Å². The molecule has 0 saturated heterocycles. The third-order valence-corrected chi connectivity index (χ3v) is 4.45. The van der Waals surface area contributed by atoms with Gasteiger partial charge in [0.1, 0.15) is 5.82 Å². The van der Waals surface area contributed by atoms with Gasteiger partial charge in [-0.3, -0.25) is 0 Å². The molecule has 0 amide bonds. The van der Waals surface area contributed by atoms with Gasteiger partial charge < -0.3 is 10.8 Å². The molecule has 7 heteroatoms. The van der Waals surface area contributed by atoms with Crippen molar-refractivity contribution in [3.8, 4) is 0 Å². The van der Waals surface area contributed by atoms with Crippen molar-refractivity contribution in [3.63, 3.8) is 0 Å². The number of rotatable bonds is 5. The molecule has 5 nitrogen and oxygen atoms in total. The zero-order valence-electron chi connectivity index (χ0n) is 10.3. The monoisotopic (exact) mass is 276 g/mol. The summed E-state index contributed by atoms with van der Waals surface area (Å²) in [4.78, 5) is -0.206. The van der Waals surface area contributed by atoms with Gasteiger partial charge in [-0.25, -0.2) is 12.8 Å². The van der Waals surface area contributed by atoms with Crippen LogP contribution >= 0.6 is 0 Å². The van der Waals surface area contributed by atoms with Gasteiger partial charge in [-0.15, -0.1) is 0 Å². The van der Waals surface area contributed by atoms with Crippen molar-refractivity contribution in [3.05, 3.63) is 24.0 Å². The number of nitrogens with two attached hydrogens (primary N) is 1. The highest BCUT2D eigenvalue weighted by atomic mass is 32.2. The summed E-state index contributed by atoms with van der Waals surface area (Å²) in [5, 5.41) is 8.90. The average molecular weight is 276 g/mol. The predicted molar refractivity (Wildman–Crippen MR) is 66.9 cm³/mol. The maximum atomic E-state index is 13.2. The van der Waals surface area contributed by atoms with Crippen molar-refractivity contribution < 1.29 is 17.9 Å². The number of halogens is 1. The van der Waals surface area contributed by atoms with Gasteiger partial charge in [-0.2, -0.15) is 4.31 Å². The molecule has 0 bridgehead atoms. The summed E-state index contributed by atoms with van der Waals surface area (Å²) in [5.41, 5.74) is 5.48. The molecule has 102 valence electrons. The van der Waals surface area contributed by atoms with Crippen LogP contribution in [-0.2, 0) is 10.0 Å². The number of aliphatic hydroxyl groups is 1. The highest BCUT2D eigenvalue weighted by Crippen LogP contribution is 2.21. The van der Waals surface area contributed by atoms with Crippen molar-refractivity contribution in [2.75, 3.05) is 18.9 Å². The van der Waals surface area contributed by atoms with Crippen LogP contribution in [0.25, 0.3) is 0 Å². The van der Waals surface area contributed by atoms with Crippen molar-refractivity contribution in [2.45, 2.75) is 24.8 Å². The lowest BCUT2D eigenvalue weighted by atomic mass is 10.3. The molecule has 0 fully saturated rings. The Bertz CT molecular complexity index is 497. The van der Waals surface area contributed by atoms with E-state index in [4.69, 9.17) is 10.8 Å². The highest BCUT2D eigenvalue weighted by Gasteiger charge is 2.27. The molecule has 0 aliphatic heterocycles. The molecule has 0 aromatic heterocycles. The molecular weight excluding hydrogens is 259 g/mol. The van der Waals surface area contributed by atoms with E-state index in [-0.39, 0.29) is 29.8 Å². The lowest BCUT2D eigenvalue weighted by Crippen LogP contribution is -2.39. The first-order chi connectivity index (χ1) is 8.28. The largest absolute Gasteiger partial charge is 0.399 e. The smallest absolute Gasteiger partial charge is 0.243 e. The second-order valence-corrected chi connectivity index (χ2v) is 6.04. The van der Waals surface area contributed by atoms with E-state index in [2.05, 4.69) is 0 Å². The lowest BCUT2D eigenvalue weighted by Gasteiger charge is -2.25. The van der Waals surface area contributed by atoms with E-state index in [1.54, 1.807) is 13.8 Å². The maximum absolute atomic E-state index is 13.2. The van der Waals surface area contributed by atoms with Crippen LogP contribution < -0.4 is 5.73 Å². The molecule has 0 heterocycles. The number of benzene rings is 1. The summed E-state index contributed by atoms with van der Waals surface area (Å²) in [5.74, 6) is -0.707. The first kappa shape index (κ1) is 14.9. The number of aliphatic hydroxyl groups excluding tert-OH is 1. The van der Waals surface area contributed by atoms with E-state index >= 15 is 0 Å². The number of sulfonamides is 1. The first-order valence-corrected chi connectivity index (χ1v) is 6.92. The minimum atomic E-state index is -3.85. The molecule has 0 aliphatic carbocycles. The molecule has 1 rings (SSSR count). The lowest BCUT2D eigenvalue weighted by molar-refractivity contribution is 0.236. The van der Waals surface area contributed by atoms with Crippen LogP contribution in [0.4, 0.5) is 10.1 Å². The Morgan fingerprint density at radius 3 is 2.44 bits per heavy atom. The SMILES string of the molecule is CC(C)N(CCO)S(=O)(=O)c1cc(N)cc(F)c1. The van der Waals surface area contributed by atoms with E-state index in [1.165, 1.54) is 6.07 Å². The van der Waals surface area contributed by atoms with Gasteiger partial charge in [0.05, 0.1) is 11.5 Å². The van der Waals surface area contributed by atoms with Crippen LogP contribution in [0.3, 0.4) is 0 Å². The van der Waals surface area contributed by atoms with E-state index in [1.807, 2.05) is 0 Å². The summed E-state index contributed by atoms with van der Waals surface area (Å²) in [7, 11) is -3.85. The molecule has 0 unspecified atom stereocenters. The zero-order valence-corrected chi connectivity index (χ0v) is 11.1. The Labute approximate surface area is 106 Å². The van der Waals surface area contributed by atoms with Crippen LogP contribution in [-0.4, -0.2) is 37.0 Å². The fraction of sp³-hybridized carbons (Fsp3) is 0.455. The standard InChI is InChI=1S/C11H17FN2O3S/c1-8(2)14(3-4-15)18(16,17)11-6-9(12)5-10(13)7-11/h5-8,15H,3-4,13H2,1-2H3. The summed E-state index contributed by atoms with van der Waals surface area (Å²) in [6.07, 6.45) is 0. The van der Waals surface area contributed by atoms with Crippen LogP contribution in [0.2, 0.25) is 0 Å². The number of hydrogen-bond acceptors (Lipinski definition) is 4. The van der Waals surface area contributed by atoms with E-state index in [9.17, 15) is 12.8 Å². The van der Waals surface area contributed by atoms with E-state index in [0.29, 0.717) is 0 Å². The topological polar surface area (TPSA) is 83.6 Å². The molecule has 0 atom stereocenters. The first-order valence-electron chi connectivity index (χ1n) is 5.48. The second-order valence-electron chi connectivity index (χ2n) is 4.15. The minimum Gasteiger partial charge on any atom is -0.399 e. The van der Waals surface area contributed by atoms with Crippen molar-refractivity contribution in [1.82, 2.24) is 4.31 Å². The van der Waals surface area contributed by atoms with Gasteiger partial charge in [0.2, 0.25) is 10.0 Å². The van der Waals surface area contributed by atoms with Gasteiger partial charge in [0, 0.05) is 18.3 Å². The quantitative estimate of drug-likeness (QED) is 0.779. The molecule has 1 aromatic carbocycles. The van der Waals surface area contributed by atoms with Crippen LogP contribution in [0.1, 0.15) is 13.8 Å². The summed E-state index contributed by atoms with van der Waals surface area (Å²) < 4.78 is 38.8. The molecular formula is C11H17FN2O3S. The Morgan fingerprint density at radius 2 is 2.00 bits per heavy atom. The summed E-state index contributed by atoms with van der Waals surface area (Å²) >= 11 is 0. The molecule has 0 aliphatic rings. The van der Waals surface area contributed by atoms with Gasteiger partial charge in [-0.05, 0) is 32.0 Å². The van der Waals surface area contributed by atoms with Gasteiger partial charge in [0.25, 0.3) is 0 Å². The Kier molecular flexibility index (Phi) is 4.66. The molecule has 1 aromatic rings. The second kappa shape index (κ2) is 5.64. The number of nitrogens with zero attached hydrogens (tertiary/aromatic N) is 1. The summed E-state index contributed by atoms with van der Waals surface area (Å²) in [6, 6.07) is 2.82. The minimum absolute atomic E-state index is 0.0429. The van der Waals surface area contributed by atoms with Crippen LogP contribution in [0.15, 0.2) is 23.1 Å². The molecule has 0 radical (unpaired) electrons. The molecule has 0 saturated carbocycles. The third kappa shape index (κ3) is 3.18. The normalized spacial score (nSPS) is 12.3. The van der Waals surface area contributed by atoms with Gasteiger partial charge in [-0.1, -0.05) is 0 Å². The Balaban J connectivity index is 3.26. The van der Waals surface area contributed by atoms with Gasteiger partial charge in [0.15, 0.2) is 0 Å². The zero-order chi connectivity index (χ0) is 13.9. The highest BCUT2D eigenvalue weighted by molar-refractivity contribution is 7.89. The molecule has 3 N–H and O–H groups in total. The fourth-order valence-electron chi connectivity index (χ4n) is 1.62. The Morgan fingerprint density at radius 1 is 1.39 bits per heavy atom. The predicted octanol–water partition coefficient (Wildman–Crippen LogP) is 0.799. The van der Waals surface area contributed by atoms with Crippen LogP contribution in [0, 0.1) is 5.82 Å². The number of anilines is 1. The van der Waals surface area contributed by atoms with Crippen molar-refractivity contribution in [1.29, 1.82) is 0 Å². The molecule has 18 heavy (non-hydrogen) atoms. The fourth-order valence-corrected chi connectivity index (χ4v) is 3.32. The van der Waals surface area contributed by atoms with Crippen LogP contribution in [0.5, 0.6) is 0 Å². The van der Waals surface area contributed by atoms with Crippen molar-refractivity contribution >= 4 is 15.7 Å². The maximum Gasteiger partial charge on any atom is 0.243 e. The number of hydrogen-bond donors (Lipinski definition) is 2. The summed E-state index contributed by atoms with van der Waals surface area (Å²) in [6.45, 7) is 3.00. The van der Waals surface area contributed by atoms with Crippen molar-refractivity contribution in [2.24, 2.45) is 0 Å². The van der Waals surface area contributed by atoms with Gasteiger partial charge >= 0.3 is 0 Å². The Hall–Kier alpha value is -1.18. The average Bonchev–Trinajstić information content (AvgIpc) is 2.23. The van der Waals surface area contributed by atoms with E-state index in [0.717, 1.165) is 16.4 Å². The number of nitrogen functional groups attached to an aromatic ring is 1.